The smallest absolute Gasteiger partial charge is 0.224 e. The molecule has 1 heterocycles. The monoisotopic (exact) mass is 216 g/mol. The zero-order valence-corrected chi connectivity index (χ0v) is 9.58. The summed E-state index contributed by atoms with van der Waals surface area (Å²) in [5.41, 5.74) is 0. The molecule has 0 saturated carbocycles. The van der Waals surface area contributed by atoms with Crippen molar-refractivity contribution in [3.05, 3.63) is 0 Å². The molecule has 0 aliphatic carbocycles. The quantitative estimate of drug-likeness (QED) is 0.613. The summed E-state index contributed by atoms with van der Waals surface area (Å²) in [6, 6.07) is 0. The molecule has 0 spiro atoms. The number of carbonyl (C=O) groups is 1. The van der Waals surface area contributed by atoms with Gasteiger partial charge in [0.2, 0.25) is 5.91 Å². The van der Waals surface area contributed by atoms with E-state index >= 15 is 0 Å². The number of rotatable bonds is 5. The summed E-state index contributed by atoms with van der Waals surface area (Å²) < 4.78 is 9.97. The Balaban J connectivity index is 2.29. The highest BCUT2D eigenvalue weighted by Gasteiger charge is 2.29. The second-order valence-corrected chi connectivity index (χ2v) is 3.89. The van der Waals surface area contributed by atoms with Crippen molar-refractivity contribution < 1.29 is 14.3 Å². The second kappa shape index (κ2) is 6.05. The predicted molar refractivity (Wildman–Crippen MR) is 56.3 cm³/mol. The fourth-order valence-electron chi connectivity index (χ4n) is 1.74. The van der Waals surface area contributed by atoms with E-state index in [-0.39, 0.29) is 18.1 Å². The largest absolute Gasteiger partial charge is 0.354 e. The van der Waals surface area contributed by atoms with Gasteiger partial charge in [0.1, 0.15) is 0 Å². The van der Waals surface area contributed by atoms with Gasteiger partial charge in [0.25, 0.3) is 0 Å². The van der Waals surface area contributed by atoms with Crippen LogP contribution >= 0.6 is 0 Å². The maximum Gasteiger partial charge on any atom is 0.224 e. The number of hydrogen-bond donors (Lipinski definition) is 2. The molecular weight excluding hydrogens is 196 g/mol. The SMILES string of the molecule is COC(CNC(=O)[C@@H]1CNC[C@H]1C)OC. The molecule has 88 valence electrons. The third kappa shape index (κ3) is 3.44. The molecule has 5 heteroatoms. The Morgan fingerprint density at radius 3 is 2.60 bits per heavy atom. The Morgan fingerprint density at radius 2 is 2.13 bits per heavy atom. The van der Waals surface area contributed by atoms with Crippen molar-refractivity contribution in [2.75, 3.05) is 33.9 Å². The van der Waals surface area contributed by atoms with Crippen LogP contribution < -0.4 is 10.6 Å². The minimum atomic E-state index is -0.362. The molecule has 1 rings (SSSR count). The highest BCUT2D eigenvalue weighted by atomic mass is 16.7. The molecule has 1 aliphatic rings. The Morgan fingerprint density at radius 1 is 1.47 bits per heavy atom. The molecule has 0 aromatic carbocycles. The van der Waals surface area contributed by atoms with Gasteiger partial charge in [0, 0.05) is 20.8 Å². The molecule has 0 radical (unpaired) electrons. The minimum absolute atomic E-state index is 0.0689. The van der Waals surface area contributed by atoms with E-state index in [1.165, 1.54) is 0 Å². The number of ether oxygens (including phenoxy) is 2. The molecule has 0 bridgehead atoms. The van der Waals surface area contributed by atoms with Crippen molar-refractivity contribution >= 4 is 5.91 Å². The van der Waals surface area contributed by atoms with Gasteiger partial charge >= 0.3 is 0 Å². The van der Waals surface area contributed by atoms with Crippen LogP contribution in [0.2, 0.25) is 0 Å². The summed E-state index contributed by atoms with van der Waals surface area (Å²) >= 11 is 0. The van der Waals surface area contributed by atoms with Crippen LogP contribution in [0.4, 0.5) is 0 Å². The van der Waals surface area contributed by atoms with E-state index < -0.39 is 0 Å². The lowest BCUT2D eigenvalue weighted by atomic mass is 9.97. The Hall–Kier alpha value is -0.650. The van der Waals surface area contributed by atoms with Crippen LogP contribution in [-0.2, 0) is 14.3 Å². The maximum absolute atomic E-state index is 11.7. The van der Waals surface area contributed by atoms with Crippen LogP contribution in [0.1, 0.15) is 6.92 Å². The van der Waals surface area contributed by atoms with Gasteiger partial charge in [0.05, 0.1) is 12.5 Å². The number of methoxy groups -OCH3 is 2. The van der Waals surface area contributed by atoms with Crippen LogP contribution in [0.15, 0.2) is 0 Å². The summed E-state index contributed by atoms with van der Waals surface area (Å²) in [6.45, 7) is 4.15. The first-order chi connectivity index (χ1) is 7.19. The Labute approximate surface area is 90.5 Å². The minimum Gasteiger partial charge on any atom is -0.354 e. The van der Waals surface area contributed by atoms with E-state index in [1.54, 1.807) is 14.2 Å². The average Bonchev–Trinajstić information content (AvgIpc) is 2.66. The zero-order valence-electron chi connectivity index (χ0n) is 9.58. The summed E-state index contributed by atoms with van der Waals surface area (Å²) in [5, 5.41) is 6.02. The van der Waals surface area contributed by atoms with Crippen molar-refractivity contribution in [3.63, 3.8) is 0 Å². The van der Waals surface area contributed by atoms with E-state index in [2.05, 4.69) is 17.6 Å². The molecule has 0 aromatic rings. The van der Waals surface area contributed by atoms with E-state index in [4.69, 9.17) is 9.47 Å². The Bertz CT molecular complexity index is 207. The summed E-state index contributed by atoms with van der Waals surface area (Å²) in [5.74, 6) is 0.541. The van der Waals surface area contributed by atoms with Crippen molar-refractivity contribution in [3.8, 4) is 0 Å². The average molecular weight is 216 g/mol. The molecule has 2 N–H and O–H groups in total. The molecule has 0 aromatic heterocycles. The predicted octanol–water partition coefficient (Wildman–Crippen LogP) is -0.423. The zero-order chi connectivity index (χ0) is 11.3. The highest BCUT2D eigenvalue weighted by Crippen LogP contribution is 2.15. The van der Waals surface area contributed by atoms with Crippen molar-refractivity contribution in [1.82, 2.24) is 10.6 Å². The number of carbonyl (C=O) groups excluding carboxylic acids is 1. The first kappa shape index (κ1) is 12.4. The second-order valence-electron chi connectivity index (χ2n) is 3.89. The summed E-state index contributed by atoms with van der Waals surface area (Å²) in [7, 11) is 3.11. The number of hydrogen-bond acceptors (Lipinski definition) is 4. The molecule has 2 atom stereocenters. The fourth-order valence-corrected chi connectivity index (χ4v) is 1.74. The molecule has 5 nitrogen and oxygen atoms in total. The third-order valence-corrected chi connectivity index (χ3v) is 2.82. The first-order valence-electron chi connectivity index (χ1n) is 5.23. The van der Waals surface area contributed by atoms with Gasteiger partial charge in [0.15, 0.2) is 6.29 Å². The Kier molecular flexibility index (Phi) is 5.01. The van der Waals surface area contributed by atoms with Gasteiger partial charge in [-0.15, -0.1) is 0 Å². The normalized spacial score (nSPS) is 25.9. The van der Waals surface area contributed by atoms with Gasteiger partial charge in [-0.25, -0.2) is 0 Å². The number of amides is 1. The van der Waals surface area contributed by atoms with Crippen molar-refractivity contribution in [1.29, 1.82) is 0 Å². The van der Waals surface area contributed by atoms with Gasteiger partial charge in [-0.3, -0.25) is 4.79 Å². The molecule has 1 aliphatic heterocycles. The molecule has 1 amide bonds. The van der Waals surface area contributed by atoms with Crippen molar-refractivity contribution in [2.24, 2.45) is 11.8 Å². The van der Waals surface area contributed by atoms with E-state index in [1.807, 2.05) is 0 Å². The summed E-state index contributed by atoms with van der Waals surface area (Å²) in [6.07, 6.45) is -0.362. The topological polar surface area (TPSA) is 59.6 Å². The lowest BCUT2D eigenvalue weighted by molar-refractivity contribution is -0.131. The van der Waals surface area contributed by atoms with Gasteiger partial charge in [-0.05, 0) is 12.5 Å². The van der Waals surface area contributed by atoms with Crippen LogP contribution in [0, 0.1) is 11.8 Å². The van der Waals surface area contributed by atoms with Gasteiger partial charge in [-0.1, -0.05) is 6.92 Å². The van der Waals surface area contributed by atoms with E-state index in [9.17, 15) is 4.79 Å². The molecule has 1 saturated heterocycles. The molecule has 15 heavy (non-hydrogen) atoms. The molecular formula is C10H20N2O3. The first-order valence-corrected chi connectivity index (χ1v) is 5.23. The van der Waals surface area contributed by atoms with Crippen molar-refractivity contribution in [2.45, 2.75) is 13.2 Å². The van der Waals surface area contributed by atoms with Gasteiger partial charge in [-0.2, -0.15) is 0 Å². The fraction of sp³-hybridized carbons (Fsp3) is 0.900. The lowest BCUT2D eigenvalue weighted by Crippen LogP contribution is -2.39. The highest BCUT2D eigenvalue weighted by molar-refractivity contribution is 5.79. The lowest BCUT2D eigenvalue weighted by Gasteiger charge is -2.17. The number of nitrogens with one attached hydrogen (secondary N) is 2. The van der Waals surface area contributed by atoms with E-state index in [0.29, 0.717) is 12.5 Å². The van der Waals surface area contributed by atoms with Crippen LogP contribution in [0.25, 0.3) is 0 Å². The standard InChI is InChI=1S/C10H20N2O3/c1-7-4-11-5-8(7)10(13)12-6-9(14-2)15-3/h7-9,11H,4-6H2,1-3H3,(H,12,13)/t7-,8-/m1/s1. The molecule has 1 fully saturated rings. The summed E-state index contributed by atoms with van der Waals surface area (Å²) in [4.78, 5) is 11.7. The third-order valence-electron chi connectivity index (χ3n) is 2.82. The maximum atomic E-state index is 11.7. The van der Waals surface area contributed by atoms with Crippen LogP contribution in [0.3, 0.4) is 0 Å². The van der Waals surface area contributed by atoms with Crippen LogP contribution in [-0.4, -0.2) is 46.1 Å². The van der Waals surface area contributed by atoms with E-state index in [0.717, 1.165) is 13.1 Å². The van der Waals surface area contributed by atoms with Gasteiger partial charge < -0.3 is 20.1 Å². The van der Waals surface area contributed by atoms with Crippen LogP contribution in [0.5, 0.6) is 0 Å². The molecule has 0 unspecified atom stereocenters.